The normalized spacial score (nSPS) is 20.4. The van der Waals surface area contributed by atoms with Gasteiger partial charge in [-0.05, 0) is 26.7 Å². The van der Waals surface area contributed by atoms with Gasteiger partial charge in [0.05, 0.1) is 13.0 Å². The van der Waals surface area contributed by atoms with Crippen LogP contribution in [0, 0.1) is 19.8 Å². The van der Waals surface area contributed by atoms with Gasteiger partial charge in [-0.1, -0.05) is 5.16 Å². The third-order valence-corrected chi connectivity index (χ3v) is 5.63. The molecule has 1 aliphatic heterocycles. The average molecular weight is 317 g/mol. The monoisotopic (exact) mass is 317 g/mol. The third-order valence-electron chi connectivity index (χ3n) is 3.52. The van der Waals surface area contributed by atoms with Crippen LogP contribution in [0.4, 0.5) is 0 Å². The molecule has 21 heavy (non-hydrogen) atoms. The number of aromatic nitrogens is 1. The zero-order valence-corrected chi connectivity index (χ0v) is 13.1. The highest BCUT2D eigenvalue weighted by atomic mass is 32.2. The predicted molar refractivity (Wildman–Crippen MR) is 72.6 cm³/mol. The summed E-state index contributed by atoms with van der Waals surface area (Å²) < 4.78 is 31.6. The highest BCUT2D eigenvalue weighted by Gasteiger charge is 2.36. The summed E-state index contributed by atoms with van der Waals surface area (Å²) >= 11 is 0. The Labute approximate surface area is 123 Å². The van der Waals surface area contributed by atoms with Crippen molar-refractivity contribution in [1.29, 1.82) is 0 Å². The second-order valence-corrected chi connectivity index (χ2v) is 6.90. The molecule has 1 aliphatic rings. The van der Waals surface area contributed by atoms with Crippen molar-refractivity contribution in [1.82, 2.24) is 14.9 Å². The highest BCUT2D eigenvalue weighted by molar-refractivity contribution is 7.89. The van der Waals surface area contributed by atoms with E-state index in [1.54, 1.807) is 13.8 Å². The van der Waals surface area contributed by atoms with Crippen molar-refractivity contribution in [3.05, 3.63) is 11.5 Å². The van der Waals surface area contributed by atoms with Crippen molar-refractivity contribution in [2.75, 3.05) is 20.2 Å². The Hall–Kier alpha value is -1.45. The molecule has 0 radical (unpaired) electrons. The fourth-order valence-corrected chi connectivity index (χ4v) is 4.35. The van der Waals surface area contributed by atoms with E-state index in [4.69, 9.17) is 4.52 Å². The number of hydroxylamine groups is 1. The van der Waals surface area contributed by atoms with Gasteiger partial charge in [-0.25, -0.2) is 13.9 Å². The molecule has 0 unspecified atom stereocenters. The number of hydrogen-bond donors (Lipinski definition) is 1. The molecule has 1 fully saturated rings. The summed E-state index contributed by atoms with van der Waals surface area (Å²) in [5.41, 5.74) is 2.58. The minimum atomic E-state index is -3.71. The van der Waals surface area contributed by atoms with E-state index in [2.05, 4.69) is 15.5 Å². The number of nitrogens with one attached hydrogen (secondary N) is 1. The van der Waals surface area contributed by atoms with Gasteiger partial charge >= 0.3 is 0 Å². The van der Waals surface area contributed by atoms with Gasteiger partial charge in [-0.15, -0.1) is 0 Å². The summed E-state index contributed by atoms with van der Waals surface area (Å²) in [6, 6.07) is 0. The molecule has 8 nitrogen and oxygen atoms in total. The van der Waals surface area contributed by atoms with E-state index in [0.29, 0.717) is 25.1 Å². The van der Waals surface area contributed by atoms with Gasteiger partial charge in [0, 0.05) is 13.1 Å². The van der Waals surface area contributed by atoms with Crippen LogP contribution in [0.3, 0.4) is 0 Å². The van der Waals surface area contributed by atoms with Gasteiger partial charge < -0.3 is 4.52 Å². The molecule has 0 aliphatic carbocycles. The van der Waals surface area contributed by atoms with Crippen molar-refractivity contribution in [2.24, 2.45) is 5.92 Å². The Morgan fingerprint density at radius 1 is 1.48 bits per heavy atom. The van der Waals surface area contributed by atoms with Gasteiger partial charge in [-0.2, -0.15) is 4.31 Å². The van der Waals surface area contributed by atoms with Gasteiger partial charge in [0.15, 0.2) is 5.76 Å². The zero-order chi connectivity index (χ0) is 15.6. The maximum absolute atomic E-state index is 12.7. The van der Waals surface area contributed by atoms with Crippen LogP contribution in [-0.4, -0.2) is 44.0 Å². The molecule has 2 rings (SSSR count). The van der Waals surface area contributed by atoms with E-state index in [1.165, 1.54) is 11.4 Å². The van der Waals surface area contributed by atoms with Crippen LogP contribution >= 0.6 is 0 Å². The lowest BCUT2D eigenvalue weighted by molar-refractivity contribution is -0.136. The summed E-state index contributed by atoms with van der Waals surface area (Å²) in [5.74, 6) is -0.471. The van der Waals surface area contributed by atoms with Gasteiger partial charge in [0.2, 0.25) is 15.9 Å². The fourth-order valence-electron chi connectivity index (χ4n) is 2.53. The van der Waals surface area contributed by atoms with E-state index >= 15 is 0 Å². The number of aryl methyl sites for hydroxylation is 2. The Morgan fingerprint density at radius 3 is 2.76 bits per heavy atom. The smallest absolute Gasteiger partial charge is 0.248 e. The van der Waals surface area contributed by atoms with Crippen LogP contribution < -0.4 is 5.48 Å². The summed E-state index contributed by atoms with van der Waals surface area (Å²) in [5, 5.41) is 3.68. The van der Waals surface area contributed by atoms with E-state index < -0.39 is 15.9 Å². The number of carbonyl (C=O) groups excluding carboxylic acids is 1. The van der Waals surface area contributed by atoms with Crippen molar-refractivity contribution in [3.8, 4) is 0 Å². The van der Waals surface area contributed by atoms with Crippen molar-refractivity contribution < 1.29 is 22.6 Å². The molecular weight excluding hydrogens is 298 g/mol. The quantitative estimate of drug-likeness (QED) is 0.805. The standard InChI is InChI=1S/C12H19N3O5S/c1-8-11(9(2)20-13-8)21(17,18)15-6-4-5-10(7-15)12(16)14-19-3/h10H,4-7H2,1-3H3,(H,14,16)/t10-/m1/s1. The molecule has 1 saturated heterocycles. The molecule has 0 saturated carbocycles. The first-order chi connectivity index (χ1) is 9.87. The molecule has 0 bridgehead atoms. The summed E-state index contributed by atoms with van der Waals surface area (Å²) in [6.45, 7) is 3.65. The predicted octanol–water partition coefficient (Wildman–Crippen LogP) is 0.370. The first-order valence-electron chi connectivity index (χ1n) is 6.63. The lowest BCUT2D eigenvalue weighted by atomic mass is 9.99. The van der Waals surface area contributed by atoms with E-state index in [-0.39, 0.29) is 23.1 Å². The van der Waals surface area contributed by atoms with Crippen LogP contribution in [0.25, 0.3) is 0 Å². The number of rotatable bonds is 4. The Morgan fingerprint density at radius 2 is 2.19 bits per heavy atom. The van der Waals surface area contributed by atoms with E-state index in [9.17, 15) is 13.2 Å². The number of piperidine rings is 1. The molecule has 9 heteroatoms. The second-order valence-electron chi connectivity index (χ2n) is 5.03. The fraction of sp³-hybridized carbons (Fsp3) is 0.667. The Kier molecular flexibility index (Phi) is 4.64. The Bertz CT molecular complexity index is 605. The molecule has 1 aromatic rings. The first-order valence-corrected chi connectivity index (χ1v) is 8.07. The van der Waals surface area contributed by atoms with Crippen LogP contribution in [-0.2, 0) is 19.7 Å². The topological polar surface area (TPSA) is 102 Å². The van der Waals surface area contributed by atoms with Crippen molar-refractivity contribution in [2.45, 2.75) is 31.6 Å². The SMILES string of the molecule is CONC(=O)[C@@H]1CCCN(S(=O)(=O)c2c(C)noc2C)C1. The zero-order valence-electron chi connectivity index (χ0n) is 12.2. The maximum atomic E-state index is 12.7. The molecule has 1 atom stereocenters. The molecule has 1 aromatic heterocycles. The lowest BCUT2D eigenvalue weighted by Gasteiger charge is -2.30. The van der Waals surface area contributed by atoms with Crippen molar-refractivity contribution >= 4 is 15.9 Å². The van der Waals surface area contributed by atoms with Crippen LogP contribution in [0.1, 0.15) is 24.3 Å². The molecule has 118 valence electrons. The molecule has 0 aromatic carbocycles. The summed E-state index contributed by atoms with van der Waals surface area (Å²) in [7, 11) is -2.36. The number of hydrogen-bond acceptors (Lipinski definition) is 6. The average Bonchev–Trinajstić information content (AvgIpc) is 2.79. The Balaban J connectivity index is 2.23. The minimum Gasteiger partial charge on any atom is -0.360 e. The number of amides is 1. The number of nitrogens with zero attached hydrogens (tertiary/aromatic N) is 2. The largest absolute Gasteiger partial charge is 0.360 e. The minimum absolute atomic E-state index is 0.0929. The molecular formula is C12H19N3O5S. The molecule has 2 heterocycles. The van der Waals surface area contributed by atoms with Crippen molar-refractivity contribution in [3.63, 3.8) is 0 Å². The van der Waals surface area contributed by atoms with Crippen LogP contribution in [0.5, 0.6) is 0 Å². The highest BCUT2D eigenvalue weighted by Crippen LogP contribution is 2.27. The van der Waals surface area contributed by atoms with E-state index in [0.717, 1.165) is 0 Å². The second kappa shape index (κ2) is 6.12. The molecule has 1 N–H and O–H groups in total. The van der Waals surface area contributed by atoms with Gasteiger partial charge in [0.1, 0.15) is 10.6 Å². The summed E-state index contributed by atoms with van der Waals surface area (Å²) in [6.07, 6.45) is 1.24. The molecule has 1 amide bonds. The number of sulfonamides is 1. The maximum Gasteiger partial charge on any atom is 0.248 e. The van der Waals surface area contributed by atoms with Gasteiger partial charge in [0.25, 0.3) is 0 Å². The number of carbonyl (C=O) groups is 1. The first kappa shape index (κ1) is 15.9. The van der Waals surface area contributed by atoms with E-state index in [1.807, 2.05) is 0 Å². The summed E-state index contributed by atoms with van der Waals surface area (Å²) in [4.78, 5) is 16.5. The van der Waals surface area contributed by atoms with Gasteiger partial charge in [-0.3, -0.25) is 9.63 Å². The van der Waals surface area contributed by atoms with Crippen LogP contribution in [0.15, 0.2) is 9.42 Å². The molecule has 0 spiro atoms. The van der Waals surface area contributed by atoms with Crippen LogP contribution in [0.2, 0.25) is 0 Å². The third kappa shape index (κ3) is 3.09. The lowest BCUT2D eigenvalue weighted by Crippen LogP contribution is -2.45.